The van der Waals surface area contributed by atoms with Crippen molar-refractivity contribution in [1.82, 2.24) is 5.32 Å². The largest absolute Gasteiger partial charge is 0.509 e. The van der Waals surface area contributed by atoms with E-state index in [0.717, 1.165) is 11.1 Å². The zero-order valence-electron chi connectivity index (χ0n) is 20.4. The number of fused-ring (bicyclic) bond motifs is 1. The highest BCUT2D eigenvalue weighted by molar-refractivity contribution is 5.97. The molecular formula is C29H35NO5. The SMILES string of the molecule is COC1CC2/C=C(C)/C=C/C=C\C(=O)NC(c3ccccc3)C/C=C/CCC(O)CC(=O)C2=C1O. The number of rotatable bonds is 2. The van der Waals surface area contributed by atoms with E-state index in [9.17, 15) is 19.8 Å². The third-order valence-corrected chi connectivity index (χ3v) is 6.33. The van der Waals surface area contributed by atoms with Gasteiger partial charge in [0.05, 0.1) is 12.1 Å². The second-order valence-corrected chi connectivity index (χ2v) is 9.03. The first-order valence-corrected chi connectivity index (χ1v) is 12.1. The number of ether oxygens (including phenoxy) is 1. The average molecular weight is 478 g/mol. The smallest absolute Gasteiger partial charge is 0.244 e. The van der Waals surface area contributed by atoms with Gasteiger partial charge in [0.2, 0.25) is 5.91 Å². The zero-order chi connectivity index (χ0) is 25.2. The molecule has 1 aromatic carbocycles. The van der Waals surface area contributed by atoms with E-state index in [1.807, 2.05) is 61.6 Å². The van der Waals surface area contributed by atoms with Crippen molar-refractivity contribution in [3.05, 3.63) is 95.3 Å². The number of benzene rings is 1. The van der Waals surface area contributed by atoms with Crippen LogP contribution in [0.3, 0.4) is 0 Å². The third-order valence-electron chi connectivity index (χ3n) is 6.33. The first kappa shape index (κ1) is 26.4. The summed E-state index contributed by atoms with van der Waals surface area (Å²) in [6, 6.07) is 9.61. The molecule has 0 radical (unpaired) electrons. The van der Waals surface area contributed by atoms with Crippen LogP contribution in [-0.4, -0.2) is 41.2 Å². The van der Waals surface area contributed by atoms with Crippen molar-refractivity contribution in [1.29, 1.82) is 0 Å². The quantitative estimate of drug-likeness (QED) is 0.532. The van der Waals surface area contributed by atoms with Gasteiger partial charge in [0, 0.05) is 31.1 Å². The highest BCUT2D eigenvalue weighted by atomic mass is 16.5. The molecule has 1 aromatic rings. The molecule has 6 heteroatoms. The van der Waals surface area contributed by atoms with Gasteiger partial charge in [0.1, 0.15) is 11.9 Å². The van der Waals surface area contributed by atoms with Crippen molar-refractivity contribution in [3.63, 3.8) is 0 Å². The van der Waals surface area contributed by atoms with Crippen LogP contribution >= 0.6 is 0 Å². The number of allylic oxidation sites excluding steroid dienone is 7. The molecule has 1 aliphatic carbocycles. The number of Topliss-reactive ketones (excluding diaryl/α,β-unsaturated/α-hetero) is 1. The van der Waals surface area contributed by atoms with Crippen LogP contribution in [0.1, 0.15) is 50.6 Å². The summed E-state index contributed by atoms with van der Waals surface area (Å²) in [5, 5.41) is 24.1. The molecule has 0 aromatic heterocycles. The Balaban J connectivity index is 1.84. The Morgan fingerprint density at radius 2 is 1.80 bits per heavy atom. The van der Waals surface area contributed by atoms with E-state index >= 15 is 0 Å². The van der Waals surface area contributed by atoms with Gasteiger partial charge in [-0.1, -0.05) is 72.4 Å². The molecule has 3 rings (SSSR count). The Bertz CT molecular complexity index is 1030. The predicted octanol–water partition coefficient (Wildman–Crippen LogP) is 4.81. The monoisotopic (exact) mass is 477 g/mol. The fourth-order valence-corrected chi connectivity index (χ4v) is 4.50. The van der Waals surface area contributed by atoms with Gasteiger partial charge in [0.25, 0.3) is 0 Å². The Hall–Kier alpha value is -3.22. The van der Waals surface area contributed by atoms with Crippen LogP contribution in [0.15, 0.2) is 89.8 Å². The molecule has 35 heavy (non-hydrogen) atoms. The number of hydrogen-bond donors (Lipinski definition) is 3. The number of aliphatic hydroxyl groups is 2. The second kappa shape index (κ2) is 13.0. The summed E-state index contributed by atoms with van der Waals surface area (Å²) >= 11 is 0. The van der Waals surface area contributed by atoms with Gasteiger partial charge in [0.15, 0.2) is 5.78 Å². The van der Waals surface area contributed by atoms with Crippen LogP contribution in [0.4, 0.5) is 0 Å². The molecule has 1 heterocycles. The molecule has 4 atom stereocenters. The van der Waals surface area contributed by atoms with Crippen molar-refractivity contribution in [2.24, 2.45) is 5.92 Å². The maximum Gasteiger partial charge on any atom is 0.244 e. The summed E-state index contributed by atoms with van der Waals surface area (Å²) < 4.78 is 5.35. The summed E-state index contributed by atoms with van der Waals surface area (Å²) in [7, 11) is 1.51. The lowest BCUT2D eigenvalue weighted by Crippen LogP contribution is -2.26. The van der Waals surface area contributed by atoms with Crippen LogP contribution in [0, 0.1) is 5.92 Å². The number of nitrogens with one attached hydrogen (secondary N) is 1. The predicted molar refractivity (Wildman–Crippen MR) is 137 cm³/mol. The van der Waals surface area contributed by atoms with Crippen LogP contribution < -0.4 is 5.32 Å². The number of methoxy groups -OCH3 is 1. The maximum absolute atomic E-state index is 13.0. The van der Waals surface area contributed by atoms with Gasteiger partial charge in [-0.05, 0) is 38.2 Å². The lowest BCUT2D eigenvalue weighted by molar-refractivity contribution is -0.118. The molecule has 1 amide bonds. The molecule has 0 fully saturated rings. The van der Waals surface area contributed by atoms with Gasteiger partial charge in [-0.2, -0.15) is 0 Å². The number of amides is 1. The van der Waals surface area contributed by atoms with Gasteiger partial charge in [-0.15, -0.1) is 0 Å². The number of aliphatic hydroxyl groups excluding tert-OH is 2. The Labute approximate surface area is 207 Å². The standard InChI is InChI=1S/C29H35NO5/c1-20-11-9-10-16-27(33)30-24(21-12-5-3-6-13-21)15-8-4-7-14-23(31)19-25(32)28-22(17-20)18-26(35-2)29(28)34/h3-6,8-13,16-17,22-24,26,31,34H,7,14-15,18-19H2,1-2H3,(H,30,33)/b8-4+,11-9+,16-10-,20-17+. The number of carbonyl (C=O) groups excluding carboxylic acids is 2. The van der Waals surface area contributed by atoms with E-state index in [0.29, 0.717) is 31.3 Å². The molecule has 186 valence electrons. The number of ketones is 1. The van der Waals surface area contributed by atoms with E-state index in [4.69, 9.17) is 4.74 Å². The first-order valence-electron chi connectivity index (χ1n) is 12.1. The summed E-state index contributed by atoms with van der Waals surface area (Å²) in [5.41, 5.74) is 2.22. The Morgan fingerprint density at radius 1 is 1.06 bits per heavy atom. The van der Waals surface area contributed by atoms with Gasteiger partial charge in [-0.3, -0.25) is 9.59 Å². The van der Waals surface area contributed by atoms with Crippen molar-refractivity contribution < 1.29 is 24.5 Å². The highest BCUT2D eigenvalue weighted by Crippen LogP contribution is 2.36. The topological polar surface area (TPSA) is 95.9 Å². The van der Waals surface area contributed by atoms with Crippen molar-refractivity contribution in [2.45, 2.75) is 57.3 Å². The molecule has 4 unspecified atom stereocenters. The fourth-order valence-electron chi connectivity index (χ4n) is 4.50. The van der Waals surface area contributed by atoms with Gasteiger partial charge in [-0.25, -0.2) is 0 Å². The number of hydrogen-bond acceptors (Lipinski definition) is 5. The highest BCUT2D eigenvalue weighted by Gasteiger charge is 2.36. The van der Waals surface area contributed by atoms with Crippen LogP contribution in [-0.2, 0) is 14.3 Å². The molecule has 0 spiro atoms. The third kappa shape index (κ3) is 7.64. The minimum Gasteiger partial charge on any atom is -0.509 e. The van der Waals surface area contributed by atoms with Crippen molar-refractivity contribution in [2.75, 3.05) is 7.11 Å². The molecule has 2 aliphatic rings. The van der Waals surface area contributed by atoms with E-state index in [1.54, 1.807) is 12.2 Å². The molecule has 0 saturated carbocycles. The molecular weight excluding hydrogens is 442 g/mol. The zero-order valence-corrected chi connectivity index (χ0v) is 20.4. The summed E-state index contributed by atoms with van der Waals surface area (Å²) in [6.45, 7) is 1.90. The molecule has 6 nitrogen and oxygen atoms in total. The number of carbonyl (C=O) groups is 2. The minimum atomic E-state index is -0.810. The van der Waals surface area contributed by atoms with Crippen molar-refractivity contribution >= 4 is 11.7 Å². The van der Waals surface area contributed by atoms with E-state index in [-0.39, 0.29) is 35.8 Å². The normalized spacial score (nSPS) is 31.2. The fraction of sp³-hybridized carbons (Fsp3) is 0.379. The molecule has 3 N–H and O–H groups in total. The Morgan fingerprint density at radius 3 is 2.54 bits per heavy atom. The first-order chi connectivity index (χ1) is 16.9. The lowest BCUT2D eigenvalue weighted by atomic mass is 9.92. The van der Waals surface area contributed by atoms with Crippen LogP contribution in [0.5, 0.6) is 0 Å². The second-order valence-electron chi connectivity index (χ2n) is 9.03. The maximum atomic E-state index is 13.0. The van der Waals surface area contributed by atoms with Crippen molar-refractivity contribution in [3.8, 4) is 0 Å². The summed E-state index contributed by atoms with van der Waals surface area (Å²) in [4.78, 5) is 25.5. The van der Waals surface area contributed by atoms with Gasteiger partial charge >= 0.3 is 0 Å². The average Bonchev–Trinajstić information content (AvgIpc) is 3.15. The summed E-state index contributed by atoms with van der Waals surface area (Å²) in [6.07, 6.45) is 13.4. The minimum absolute atomic E-state index is 0.0444. The van der Waals surface area contributed by atoms with Crippen LogP contribution in [0.25, 0.3) is 0 Å². The molecule has 0 bridgehead atoms. The van der Waals surface area contributed by atoms with Gasteiger partial charge < -0.3 is 20.3 Å². The van der Waals surface area contributed by atoms with E-state index in [2.05, 4.69) is 5.32 Å². The lowest BCUT2D eigenvalue weighted by Gasteiger charge is -2.17. The van der Waals surface area contributed by atoms with E-state index < -0.39 is 12.2 Å². The molecule has 0 saturated heterocycles. The Kier molecular flexibility index (Phi) is 9.82. The molecule has 1 aliphatic heterocycles. The van der Waals surface area contributed by atoms with E-state index in [1.165, 1.54) is 13.2 Å². The van der Waals surface area contributed by atoms with Crippen LogP contribution in [0.2, 0.25) is 0 Å². The summed E-state index contributed by atoms with van der Waals surface area (Å²) in [5.74, 6) is -0.790.